The predicted molar refractivity (Wildman–Crippen MR) is 71.9 cm³/mol. The molecule has 5 heteroatoms. The summed E-state index contributed by atoms with van der Waals surface area (Å²) in [6.07, 6.45) is 0.461. The minimum atomic E-state index is -2.89. The summed E-state index contributed by atoms with van der Waals surface area (Å²) in [5.41, 5.74) is 1.55. The van der Waals surface area contributed by atoms with Crippen molar-refractivity contribution in [2.24, 2.45) is 0 Å². The van der Waals surface area contributed by atoms with Crippen LogP contribution in [-0.2, 0) is 9.84 Å². The SMILES string of the molecule is CCC(=O)c1ccccc1N1CCS(=O)(=O)CC1. The fourth-order valence-electron chi connectivity index (χ4n) is 2.13. The van der Waals surface area contributed by atoms with Crippen molar-refractivity contribution in [1.29, 1.82) is 0 Å². The lowest BCUT2D eigenvalue weighted by atomic mass is 10.1. The van der Waals surface area contributed by atoms with E-state index in [1.54, 1.807) is 0 Å². The molecule has 0 amide bonds. The molecule has 0 N–H and O–H groups in total. The molecular weight excluding hydrogens is 250 g/mol. The number of nitrogens with zero attached hydrogens (tertiary/aromatic N) is 1. The molecule has 2 rings (SSSR count). The highest BCUT2D eigenvalue weighted by atomic mass is 32.2. The number of ketones is 1. The Morgan fingerprint density at radius 2 is 1.83 bits per heavy atom. The summed E-state index contributed by atoms with van der Waals surface area (Å²) in [6, 6.07) is 7.42. The second-order valence-electron chi connectivity index (χ2n) is 4.43. The van der Waals surface area contributed by atoms with E-state index in [1.165, 1.54) is 0 Å². The van der Waals surface area contributed by atoms with Gasteiger partial charge in [-0.25, -0.2) is 8.42 Å². The van der Waals surface area contributed by atoms with Crippen LogP contribution in [0.3, 0.4) is 0 Å². The molecule has 0 bridgehead atoms. The fourth-order valence-corrected chi connectivity index (χ4v) is 3.33. The lowest BCUT2D eigenvalue weighted by molar-refractivity contribution is 0.0988. The van der Waals surface area contributed by atoms with Crippen molar-refractivity contribution in [3.05, 3.63) is 29.8 Å². The minimum Gasteiger partial charge on any atom is -0.369 e. The van der Waals surface area contributed by atoms with Crippen LogP contribution in [0.4, 0.5) is 5.69 Å². The van der Waals surface area contributed by atoms with Crippen molar-refractivity contribution in [1.82, 2.24) is 0 Å². The largest absolute Gasteiger partial charge is 0.369 e. The second-order valence-corrected chi connectivity index (χ2v) is 6.74. The molecule has 0 atom stereocenters. The Labute approximate surface area is 108 Å². The van der Waals surface area contributed by atoms with Crippen LogP contribution in [0.1, 0.15) is 23.7 Å². The van der Waals surface area contributed by atoms with Crippen LogP contribution >= 0.6 is 0 Å². The van der Waals surface area contributed by atoms with Gasteiger partial charge in [-0.05, 0) is 12.1 Å². The van der Waals surface area contributed by atoms with Gasteiger partial charge in [0.25, 0.3) is 0 Å². The molecule has 1 aliphatic rings. The van der Waals surface area contributed by atoms with Gasteiger partial charge in [0.05, 0.1) is 11.5 Å². The molecule has 1 aromatic carbocycles. The monoisotopic (exact) mass is 267 g/mol. The van der Waals surface area contributed by atoms with Crippen molar-refractivity contribution < 1.29 is 13.2 Å². The van der Waals surface area contributed by atoms with Crippen molar-refractivity contribution in [2.75, 3.05) is 29.5 Å². The first-order valence-electron chi connectivity index (χ1n) is 6.11. The summed E-state index contributed by atoms with van der Waals surface area (Å²) in [6.45, 7) is 2.77. The van der Waals surface area contributed by atoms with Gasteiger partial charge in [-0.1, -0.05) is 19.1 Å². The van der Waals surface area contributed by atoms with Gasteiger partial charge in [0.15, 0.2) is 15.6 Å². The number of para-hydroxylation sites is 1. The Morgan fingerprint density at radius 3 is 2.44 bits per heavy atom. The summed E-state index contributed by atoms with van der Waals surface area (Å²) in [4.78, 5) is 13.8. The second kappa shape index (κ2) is 5.10. The van der Waals surface area contributed by atoms with E-state index in [1.807, 2.05) is 36.1 Å². The van der Waals surface area contributed by atoms with Gasteiger partial charge in [-0.3, -0.25) is 4.79 Å². The van der Waals surface area contributed by atoms with Gasteiger partial charge in [0.2, 0.25) is 0 Å². The van der Waals surface area contributed by atoms with Crippen molar-refractivity contribution in [3.8, 4) is 0 Å². The van der Waals surface area contributed by atoms with E-state index in [-0.39, 0.29) is 17.3 Å². The summed E-state index contributed by atoms with van der Waals surface area (Å²) in [7, 11) is -2.89. The maximum atomic E-state index is 11.9. The molecule has 1 heterocycles. The van der Waals surface area contributed by atoms with Gasteiger partial charge in [0, 0.05) is 30.8 Å². The zero-order chi connectivity index (χ0) is 13.2. The lowest BCUT2D eigenvalue weighted by Crippen LogP contribution is -2.40. The van der Waals surface area contributed by atoms with Crippen LogP contribution in [0.2, 0.25) is 0 Å². The van der Waals surface area contributed by atoms with E-state index in [0.29, 0.717) is 25.1 Å². The third kappa shape index (κ3) is 2.72. The smallest absolute Gasteiger partial charge is 0.164 e. The van der Waals surface area contributed by atoms with Crippen molar-refractivity contribution >= 4 is 21.3 Å². The third-order valence-corrected chi connectivity index (χ3v) is 4.82. The Hall–Kier alpha value is -1.36. The number of hydrogen-bond acceptors (Lipinski definition) is 4. The van der Waals surface area contributed by atoms with Gasteiger partial charge >= 0.3 is 0 Å². The van der Waals surface area contributed by atoms with E-state index in [2.05, 4.69) is 0 Å². The molecule has 0 aliphatic carbocycles. The van der Waals surface area contributed by atoms with Gasteiger partial charge in [-0.2, -0.15) is 0 Å². The molecule has 1 saturated heterocycles. The highest BCUT2D eigenvalue weighted by Gasteiger charge is 2.24. The molecule has 0 spiro atoms. The Balaban J connectivity index is 2.27. The number of sulfone groups is 1. The van der Waals surface area contributed by atoms with Gasteiger partial charge in [-0.15, -0.1) is 0 Å². The third-order valence-electron chi connectivity index (χ3n) is 3.21. The lowest BCUT2D eigenvalue weighted by Gasteiger charge is -2.30. The maximum absolute atomic E-state index is 11.9. The van der Waals surface area contributed by atoms with Crippen LogP contribution in [0.5, 0.6) is 0 Å². The van der Waals surface area contributed by atoms with Crippen molar-refractivity contribution in [2.45, 2.75) is 13.3 Å². The number of carbonyl (C=O) groups excluding carboxylic acids is 1. The molecule has 1 aromatic rings. The Kier molecular flexibility index (Phi) is 3.71. The Bertz CT molecular complexity index is 537. The molecule has 0 unspecified atom stereocenters. The normalized spacial score (nSPS) is 18.6. The summed E-state index contributed by atoms with van der Waals surface area (Å²) in [5.74, 6) is 0.433. The van der Waals surface area contributed by atoms with Crippen LogP contribution in [-0.4, -0.2) is 38.8 Å². The van der Waals surface area contributed by atoms with E-state index >= 15 is 0 Å². The summed E-state index contributed by atoms with van der Waals surface area (Å²) >= 11 is 0. The zero-order valence-corrected chi connectivity index (χ0v) is 11.2. The molecule has 0 aromatic heterocycles. The van der Waals surface area contributed by atoms with Crippen LogP contribution in [0.25, 0.3) is 0 Å². The standard InChI is InChI=1S/C13H17NO3S/c1-2-13(15)11-5-3-4-6-12(11)14-7-9-18(16,17)10-8-14/h3-6H,2,7-10H2,1H3. The van der Waals surface area contributed by atoms with Gasteiger partial charge in [0.1, 0.15) is 0 Å². The van der Waals surface area contributed by atoms with E-state index in [9.17, 15) is 13.2 Å². The first kappa shape index (κ1) is 13.1. The molecule has 1 aliphatic heterocycles. The fraction of sp³-hybridized carbons (Fsp3) is 0.462. The number of Topliss-reactive ketones (excluding diaryl/α,β-unsaturated/α-hetero) is 1. The zero-order valence-electron chi connectivity index (χ0n) is 10.4. The van der Waals surface area contributed by atoms with Crippen LogP contribution in [0, 0.1) is 0 Å². The van der Waals surface area contributed by atoms with Crippen molar-refractivity contribution in [3.63, 3.8) is 0 Å². The number of benzene rings is 1. The first-order valence-corrected chi connectivity index (χ1v) is 7.93. The van der Waals surface area contributed by atoms with E-state index in [4.69, 9.17) is 0 Å². The topological polar surface area (TPSA) is 54.5 Å². The predicted octanol–water partition coefficient (Wildman–Crippen LogP) is 1.51. The quantitative estimate of drug-likeness (QED) is 0.779. The van der Waals surface area contributed by atoms with Crippen LogP contribution < -0.4 is 4.90 Å². The number of carbonyl (C=O) groups is 1. The molecule has 98 valence electrons. The average molecular weight is 267 g/mol. The molecule has 18 heavy (non-hydrogen) atoms. The molecular formula is C13H17NO3S. The van der Waals surface area contributed by atoms with Gasteiger partial charge < -0.3 is 4.90 Å². The molecule has 0 saturated carbocycles. The summed E-state index contributed by atoms with van der Waals surface area (Å²) < 4.78 is 22.8. The number of anilines is 1. The average Bonchev–Trinajstić information content (AvgIpc) is 2.38. The first-order chi connectivity index (χ1) is 8.53. The highest BCUT2D eigenvalue weighted by molar-refractivity contribution is 7.91. The summed E-state index contributed by atoms with van der Waals surface area (Å²) in [5, 5.41) is 0. The minimum absolute atomic E-state index is 0.0963. The van der Waals surface area contributed by atoms with E-state index in [0.717, 1.165) is 5.69 Å². The maximum Gasteiger partial charge on any atom is 0.164 e. The molecule has 0 radical (unpaired) electrons. The molecule has 4 nitrogen and oxygen atoms in total. The highest BCUT2D eigenvalue weighted by Crippen LogP contribution is 2.23. The number of hydrogen-bond donors (Lipinski definition) is 0. The Morgan fingerprint density at radius 1 is 1.22 bits per heavy atom. The number of rotatable bonds is 3. The molecule has 1 fully saturated rings. The van der Waals surface area contributed by atoms with Crippen LogP contribution in [0.15, 0.2) is 24.3 Å². The van der Waals surface area contributed by atoms with E-state index < -0.39 is 9.84 Å².